The van der Waals surface area contributed by atoms with Crippen LogP contribution in [-0.2, 0) is 14.7 Å². The van der Waals surface area contributed by atoms with Crippen LogP contribution in [0.25, 0.3) is 0 Å². The summed E-state index contributed by atoms with van der Waals surface area (Å²) in [4.78, 5) is 0. The minimum absolute atomic E-state index is 0.137. The van der Waals surface area contributed by atoms with Crippen molar-refractivity contribution >= 4 is 12.6 Å². The standard InChI is InChI=1S/C17H27BO2/c1-12-11-13(15(2,3)4)9-10-14(12)18-19-16(5,6)17(7,8)20-18/h9-11H,1-8H3/i1D3,10D. The Kier molecular flexibility index (Phi) is 2.50. The van der Waals surface area contributed by atoms with E-state index in [0.717, 1.165) is 5.56 Å². The molecule has 2 nitrogen and oxygen atoms in total. The van der Waals surface area contributed by atoms with Crippen molar-refractivity contribution in [3.05, 3.63) is 29.3 Å². The maximum absolute atomic E-state index is 8.43. The molecule has 0 N–H and O–H groups in total. The highest BCUT2D eigenvalue weighted by molar-refractivity contribution is 6.62. The van der Waals surface area contributed by atoms with Crippen LogP contribution in [0.2, 0.25) is 0 Å². The molecule has 3 heteroatoms. The summed E-state index contributed by atoms with van der Waals surface area (Å²) in [6.07, 6.45) is 0. The van der Waals surface area contributed by atoms with E-state index in [1.807, 2.05) is 48.5 Å². The molecule has 0 aliphatic carbocycles. The van der Waals surface area contributed by atoms with Crippen LogP contribution in [0.1, 0.15) is 65.1 Å². The molecular weight excluding hydrogens is 247 g/mol. The molecule has 0 atom stereocenters. The topological polar surface area (TPSA) is 18.5 Å². The third kappa shape index (κ3) is 2.66. The van der Waals surface area contributed by atoms with E-state index in [2.05, 4.69) is 0 Å². The summed E-state index contributed by atoms with van der Waals surface area (Å²) in [5.74, 6) is 0. The number of rotatable bonds is 1. The minimum atomic E-state index is -2.34. The Morgan fingerprint density at radius 2 is 1.70 bits per heavy atom. The first-order valence-corrected chi connectivity index (χ1v) is 7.07. The van der Waals surface area contributed by atoms with Crippen LogP contribution in [0.5, 0.6) is 0 Å². The molecule has 1 aliphatic heterocycles. The first kappa shape index (κ1) is 10.9. The predicted molar refractivity (Wildman–Crippen MR) is 85.6 cm³/mol. The van der Waals surface area contributed by atoms with Gasteiger partial charge in [-0.05, 0) is 51.0 Å². The fourth-order valence-electron chi connectivity index (χ4n) is 2.10. The van der Waals surface area contributed by atoms with Gasteiger partial charge in [0.15, 0.2) is 0 Å². The Morgan fingerprint density at radius 3 is 2.15 bits per heavy atom. The number of aryl methyl sites for hydroxylation is 1. The Bertz CT molecular complexity index is 629. The lowest BCUT2D eigenvalue weighted by Crippen LogP contribution is -2.41. The van der Waals surface area contributed by atoms with Crippen molar-refractivity contribution < 1.29 is 14.8 Å². The zero-order valence-electron chi connectivity index (χ0n) is 17.5. The molecule has 1 aromatic carbocycles. The van der Waals surface area contributed by atoms with Crippen molar-refractivity contribution in [1.82, 2.24) is 0 Å². The molecule has 20 heavy (non-hydrogen) atoms. The van der Waals surface area contributed by atoms with Gasteiger partial charge < -0.3 is 9.31 Å². The van der Waals surface area contributed by atoms with Crippen molar-refractivity contribution in [3.8, 4) is 0 Å². The van der Waals surface area contributed by atoms with E-state index in [4.69, 9.17) is 14.8 Å². The average Bonchev–Trinajstić information content (AvgIpc) is 2.54. The molecule has 0 bridgehead atoms. The maximum atomic E-state index is 8.43. The van der Waals surface area contributed by atoms with Crippen LogP contribution < -0.4 is 5.46 Å². The SMILES string of the molecule is [2H]c1cc(C(C)(C)C)cc(C([2H])([2H])[2H])c1B1OC(C)(C)C(C)(C)O1. The van der Waals surface area contributed by atoms with Crippen LogP contribution in [0.3, 0.4) is 0 Å². The molecule has 1 aliphatic rings. The summed E-state index contributed by atoms with van der Waals surface area (Å²) in [6, 6.07) is 3.54. The van der Waals surface area contributed by atoms with Gasteiger partial charge in [-0.3, -0.25) is 0 Å². The van der Waals surface area contributed by atoms with Crippen LogP contribution in [0, 0.1) is 6.85 Å². The third-order valence-corrected chi connectivity index (χ3v) is 4.33. The Labute approximate surface area is 129 Å². The molecule has 110 valence electrons. The van der Waals surface area contributed by atoms with Gasteiger partial charge in [0.25, 0.3) is 0 Å². The second-order valence-corrected chi connectivity index (χ2v) is 7.55. The summed E-state index contributed by atoms with van der Waals surface area (Å²) in [5.41, 5.74) is -0.152. The lowest BCUT2D eigenvalue weighted by atomic mass is 9.74. The van der Waals surface area contributed by atoms with Gasteiger partial charge >= 0.3 is 7.12 Å². The molecule has 0 saturated carbocycles. The van der Waals surface area contributed by atoms with Gasteiger partial charge in [-0.2, -0.15) is 0 Å². The molecule has 1 fully saturated rings. The Morgan fingerprint density at radius 1 is 1.15 bits per heavy atom. The van der Waals surface area contributed by atoms with Crippen LogP contribution in [0.4, 0.5) is 0 Å². The minimum Gasteiger partial charge on any atom is -0.399 e. The molecule has 2 rings (SSSR count). The molecular formula is C17H27BO2. The Hall–Kier alpha value is -0.795. The molecule has 0 amide bonds. The number of hydrogen-bond donors (Lipinski definition) is 0. The van der Waals surface area contributed by atoms with Gasteiger partial charge in [-0.25, -0.2) is 0 Å². The van der Waals surface area contributed by atoms with Gasteiger partial charge in [0.1, 0.15) is 0 Å². The molecule has 0 aromatic heterocycles. The summed E-state index contributed by atoms with van der Waals surface area (Å²) in [6.45, 7) is 11.3. The second-order valence-electron chi connectivity index (χ2n) is 7.55. The zero-order chi connectivity index (χ0) is 18.7. The van der Waals surface area contributed by atoms with Gasteiger partial charge in [0.05, 0.1) is 12.6 Å². The highest BCUT2D eigenvalue weighted by atomic mass is 16.7. The summed E-state index contributed by atoms with van der Waals surface area (Å²) >= 11 is 0. The lowest BCUT2D eigenvalue weighted by molar-refractivity contribution is 0.00578. The third-order valence-electron chi connectivity index (χ3n) is 4.33. The van der Waals surface area contributed by atoms with Crippen LogP contribution in [-0.4, -0.2) is 18.3 Å². The van der Waals surface area contributed by atoms with Gasteiger partial charge in [-0.1, -0.05) is 44.5 Å². The predicted octanol–water partition coefficient (Wildman–Crippen LogP) is 3.59. The van der Waals surface area contributed by atoms with E-state index in [-0.39, 0.29) is 17.0 Å². The maximum Gasteiger partial charge on any atom is 0.495 e. The van der Waals surface area contributed by atoms with Gasteiger partial charge in [-0.15, -0.1) is 0 Å². The van der Waals surface area contributed by atoms with Gasteiger partial charge in [0.2, 0.25) is 0 Å². The fraction of sp³-hybridized carbons (Fsp3) is 0.647. The van der Waals surface area contributed by atoms with Crippen molar-refractivity contribution in [3.63, 3.8) is 0 Å². The normalized spacial score (nSPS) is 24.9. The highest BCUT2D eigenvalue weighted by Crippen LogP contribution is 2.36. The molecule has 0 unspecified atom stereocenters. The lowest BCUT2D eigenvalue weighted by Gasteiger charge is -2.32. The highest BCUT2D eigenvalue weighted by Gasteiger charge is 2.52. The summed E-state index contributed by atoms with van der Waals surface area (Å²) in [5, 5.41) is 0. The largest absolute Gasteiger partial charge is 0.495 e. The fourth-order valence-corrected chi connectivity index (χ4v) is 2.10. The number of hydrogen-bond acceptors (Lipinski definition) is 2. The molecule has 0 radical (unpaired) electrons. The van der Waals surface area contributed by atoms with E-state index in [1.165, 1.54) is 0 Å². The average molecular weight is 278 g/mol. The first-order chi connectivity index (χ1) is 10.6. The van der Waals surface area contributed by atoms with Crippen molar-refractivity contribution in [1.29, 1.82) is 0 Å². The molecule has 1 aromatic rings. The second kappa shape index (κ2) is 4.61. The summed E-state index contributed by atoms with van der Waals surface area (Å²) in [7, 11) is -0.855. The van der Waals surface area contributed by atoms with Crippen molar-refractivity contribution in [2.24, 2.45) is 0 Å². The van der Waals surface area contributed by atoms with E-state index in [1.54, 1.807) is 12.1 Å². The smallest absolute Gasteiger partial charge is 0.399 e. The van der Waals surface area contributed by atoms with E-state index in [9.17, 15) is 0 Å². The van der Waals surface area contributed by atoms with Crippen molar-refractivity contribution in [2.75, 3.05) is 0 Å². The van der Waals surface area contributed by atoms with Gasteiger partial charge in [0, 0.05) is 4.11 Å². The van der Waals surface area contributed by atoms with Crippen LogP contribution >= 0.6 is 0 Å². The van der Waals surface area contributed by atoms with E-state index in [0.29, 0.717) is 5.46 Å². The van der Waals surface area contributed by atoms with E-state index >= 15 is 0 Å². The summed E-state index contributed by atoms with van der Waals surface area (Å²) < 4.78 is 44.2. The Balaban J connectivity index is 2.63. The van der Waals surface area contributed by atoms with E-state index < -0.39 is 25.2 Å². The molecule has 0 spiro atoms. The first-order valence-electron chi connectivity index (χ1n) is 9.07. The quantitative estimate of drug-likeness (QED) is 0.731. The molecule has 1 heterocycles. The van der Waals surface area contributed by atoms with Crippen molar-refractivity contribution in [2.45, 2.75) is 71.9 Å². The zero-order valence-corrected chi connectivity index (χ0v) is 13.5. The monoisotopic (exact) mass is 278 g/mol. The number of benzene rings is 1. The van der Waals surface area contributed by atoms with Crippen LogP contribution in [0.15, 0.2) is 18.2 Å². The molecule has 1 saturated heterocycles.